The molecule has 0 bridgehead atoms. The first kappa shape index (κ1) is 24.2. The molecule has 3 heterocycles. The van der Waals surface area contributed by atoms with Crippen molar-refractivity contribution >= 4 is 52.6 Å². The van der Waals surface area contributed by atoms with Crippen LogP contribution in [0.25, 0.3) is 41.3 Å². The fourth-order valence-electron chi connectivity index (χ4n) is 6.14. The van der Waals surface area contributed by atoms with Gasteiger partial charge in [-0.15, -0.1) is 0 Å². The number of pyridine rings is 1. The number of rotatable bonds is 3. The van der Waals surface area contributed by atoms with Crippen molar-refractivity contribution < 1.29 is 0 Å². The van der Waals surface area contributed by atoms with E-state index in [2.05, 4.69) is 94.5 Å². The molecule has 0 aliphatic carbocycles. The van der Waals surface area contributed by atoms with Crippen molar-refractivity contribution in [1.29, 1.82) is 0 Å². The second-order valence-corrected chi connectivity index (χ2v) is 20.3. The zero-order chi connectivity index (χ0) is 25.1. The SMILES string of the molecule is CC(C)(C)c1cc(-c2nccc3c2[se]c2cc(CC4CC[Si](C)(C)CC4)ccc23)cc2ccccc12. The van der Waals surface area contributed by atoms with Gasteiger partial charge >= 0.3 is 223 Å². The quantitative estimate of drug-likeness (QED) is 0.203. The van der Waals surface area contributed by atoms with Crippen LogP contribution in [0.5, 0.6) is 0 Å². The number of benzene rings is 3. The van der Waals surface area contributed by atoms with Gasteiger partial charge in [0.2, 0.25) is 0 Å². The summed E-state index contributed by atoms with van der Waals surface area (Å²) in [7, 11) is -0.885. The predicted molar refractivity (Wildman–Crippen MR) is 161 cm³/mol. The van der Waals surface area contributed by atoms with Crippen molar-refractivity contribution in [2.45, 2.75) is 70.6 Å². The molecule has 184 valence electrons. The normalized spacial score (nSPS) is 16.8. The summed E-state index contributed by atoms with van der Waals surface area (Å²) in [5.74, 6) is 0.880. The molecule has 1 nitrogen and oxygen atoms in total. The molecule has 3 aromatic carbocycles. The monoisotopic (exact) mass is 555 g/mol. The van der Waals surface area contributed by atoms with E-state index in [9.17, 15) is 0 Å². The van der Waals surface area contributed by atoms with Gasteiger partial charge in [0.05, 0.1) is 0 Å². The van der Waals surface area contributed by atoms with Gasteiger partial charge in [-0.2, -0.15) is 0 Å². The molecule has 5 aromatic rings. The molecule has 1 aliphatic heterocycles. The maximum absolute atomic E-state index is 4.98. The summed E-state index contributed by atoms with van der Waals surface area (Å²) in [5, 5.41) is 5.50. The van der Waals surface area contributed by atoms with E-state index in [1.165, 1.54) is 74.0 Å². The van der Waals surface area contributed by atoms with E-state index in [1.807, 2.05) is 6.20 Å². The standard InChI is InChI=1S/C33H37NSeSi/c1-33(2,3)29-21-25(20-24-8-6-7-9-26(24)29)31-32-28(12-15-34-31)27-11-10-23(19-30(27)35-32)18-22-13-16-36(4,5)17-14-22/h6-12,15,19-22H,13-14,16-18H2,1-5H3. The van der Waals surface area contributed by atoms with E-state index in [0.29, 0.717) is 14.5 Å². The van der Waals surface area contributed by atoms with Crippen molar-refractivity contribution in [1.82, 2.24) is 4.98 Å². The van der Waals surface area contributed by atoms with E-state index in [-0.39, 0.29) is 5.41 Å². The maximum atomic E-state index is 4.98. The van der Waals surface area contributed by atoms with Crippen LogP contribution in [0.15, 0.2) is 66.9 Å². The summed E-state index contributed by atoms with van der Waals surface area (Å²) >= 11 is 0.291. The molecule has 0 spiro atoms. The fraction of sp³-hybridized carbons (Fsp3) is 0.364. The first-order valence-electron chi connectivity index (χ1n) is 13.5. The summed E-state index contributed by atoms with van der Waals surface area (Å²) < 4.78 is 3.00. The Morgan fingerprint density at radius 2 is 1.67 bits per heavy atom. The molecule has 6 rings (SSSR count). The first-order chi connectivity index (χ1) is 17.2. The molecule has 0 radical (unpaired) electrons. The van der Waals surface area contributed by atoms with Gasteiger partial charge in [0.25, 0.3) is 0 Å². The van der Waals surface area contributed by atoms with E-state index >= 15 is 0 Å². The number of nitrogens with zero attached hydrogens (tertiary/aromatic N) is 1. The van der Waals surface area contributed by atoms with Gasteiger partial charge in [0.15, 0.2) is 0 Å². The minimum absolute atomic E-state index is 0.0768. The van der Waals surface area contributed by atoms with Gasteiger partial charge < -0.3 is 0 Å². The zero-order valence-corrected chi connectivity index (χ0v) is 25.0. The summed E-state index contributed by atoms with van der Waals surface area (Å²) in [4.78, 5) is 4.98. The van der Waals surface area contributed by atoms with E-state index in [4.69, 9.17) is 4.98 Å². The topological polar surface area (TPSA) is 12.9 Å². The fourth-order valence-corrected chi connectivity index (χ4v) is 11.4. The molecular weight excluding hydrogens is 517 g/mol. The van der Waals surface area contributed by atoms with Gasteiger partial charge in [-0.1, -0.05) is 0 Å². The third-order valence-electron chi connectivity index (χ3n) is 8.38. The second kappa shape index (κ2) is 8.98. The van der Waals surface area contributed by atoms with Gasteiger partial charge in [0.1, 0.15) is 0 Å². The van der Waals surface area contributed by atoms with E-state index in [0.717, 1.165) is 5.92 Å². The molecule has 1 fully saturated rings. The Balaban J connectivity index is 1.43. The Morgan fingerprint density at radius 1 is 0.889 bits per heavy atom. The Kier molecular flexibility index (Phi) is 6.02. The average Bonchev–Trinajstić information content (AvgIpc) is 3.22. The van der Waals surface area contributed by atoms with Gasteiger partial charge in [0, 0.05) is 0 Å². The van der Waals surface area contributed by atoms with Crippen LogP contribution >= 0.6 is 0 Å². The Hall–Kier alpha value is -2.19. The Morgan fingerprint density at radius 3 is 2.44 bits per heavy atom. The van der Waals surface area contributed by atoms with Crippen LogP contribution in [0.1, 0.15) is 44.7 Å². The van der Waals surface area contributed by atoms with Gasteiger partial charge in [-0.05, 0) is 0 Å². The van der Waals surface area contributed by atoms with Crippen LogP contribution in [0.2, 0.25) is 25.2 Å². The summed E-state index contributed by atoms with van der Waals surface area (Å²) in [5.41, 5.74) is 5.47. The van der Waals surface area contributed by atoms with Crippen LogP contribution < -0.4 is 0 Å². The van der Waals surface area contributed by atoms with Gasteiger partial charge in [-0.3, -0.25) is 0 Å². The van der Waals surface area contributed by atoms with Crippen LogP contribution in [-0.2, 0) is 11.8 Å². The van der Waals surface area contributed by atoms with Crippen LogP contribution in [0, 0.1) is 5.92 Å². The zero-order valence-electron chi connectivity index (χ0n) is 22.3. The molecule has 36 heavy (non-hydrogen) atoms. The van der Waals surface area contributed by atoms with Crippen molar-refractivity contribution in [2.75, 3.05) is 0 Å². The summed E-state index contributed by atoms with van der Waals surface area (Å²) in [6, 6.07) is 26.2. The molecule has 0 atom stereocenters. The third kappa shape index (κ3) is 4.51. The number of hydrogen-bond acceptors (Lipinski definition) is 1. The van der Waals surface area contributed by atoms with Gasteiger partial charge in [-0.25, -0.2) is 0 Å². The summed E-state index contributed by atoms with van der Waals surface area (Å²) in [6.45, 7) is 12.1. The molecule has 0 saturated carbocycles. The third-order valence-corrected chi connectivity index (χ3v) is 14.1. The Bertz CT molecular complexity index is 1580. The minimum atomic E-state index is -0.885. The van der Waals surface area contributed by atoms with Crippen LogP contribution in [-0.4, -0.2) is 27.6 Å². The number of aromatic nitrogens is 1. The molecule has 0 unspecified atom stereocenters. The molecule has 0 amide bonds. The van der Waals surface area contributed by atoms with Crippen molar-refractivity contribution in [3.05, 3.63) is 78.0 Å². The second-order valence-electron chi connectivity index (χ2n) is 12.8. The van der Waals surface area contributed by atoms with E-state index < -0.39 is 8.07 Å². The molecule has 1 saturated heterocycles. The molecular formula is C33H37NSeSi. The summed E-state index contributed by atoms with van der Waals surface area (Å²) in [6.07, 6.45) is 6.16. The number of hydrogen-bond donors (Lipinski definition) is 0. The van der Waals surface area contributed by atoms with Crippen molar-refractivity contribution in [3.63, 3.8) is 0 Å². The predicted octanol–water partition coefficient (Wildman–Crippen LogP) is 9.22. The molecule has 0 N–H and O–H groups in total. The first-order valence-corrected chi connectivity index (χ1v) is 18.6. The van der Waals surface area contributed by atoms with Crippen molar-refractivity contribution in [3.8, 4) is 11.3 Å². The Labute approximate surface area is 222 Å². The van der Waals surface area contributed by atoms with Crippen LogP contribution in [0.3, 0.4) is 0 Å². The van der Waals surface area contributed by atoms with E-state index in [1.54, 1.807) is 9.82 Å². The van der Waals surface area contributed by atoms with Crippen LogP contribution in [0.4, 0.5) is 0 Å². The number of fused-ring (bicyclic) bond motifs is 4. The molecule has 1 aliphatic rings. The molecule has 3 heteroatoms. The van der Waals surface area contributed by atoms with Crippen molar-refractivity contribution in [2.24, 2.45) is 5.92 Å². The average molecular weight is 555 g/mol. The molecule has 2 aromatic heterocycles.